The van der Waals surface area contributed by atoms with Gasteiger partial charge in [0.15, 0.2) is 0 Å². The third-order valence-corrected chi connectivity index (χ3v) is 4.61. The lowest BCUT2D eigenvalue weighted by Crippen LogP contribution is -2.12. The van der Waals surface area contributed by atoms with Crippen LogP contribution in [0.2, 0.25) is 0 Å². The van der Waals surface area contributed by atoms with E-state index in [4.69, 9.17) is 5.11 Å². The van der Waals surface area contributed by atoms with Gasteiger partial charge in [0, 0.05) is 28.9 Å². The second kappa shape index (κ2) is 7.86. The number of benzene rings is 2. The SMILES string of the molecule is CC(C)n1c(C(O)C/C(O)=C/C(=O)O)c(-c2ccc(F)cc2)c2ccccc21. The Balaban J connectivity index is 2.26. The summed E-state index contributed by atoms with van der Waals surface area (Å²) in [7, 11) is 0. The number of aliphatic hydroxyl groups excluding tert-OH is 2. The van der Waals surface area contributed by atoms with Crippen molar-refractivity contribution >= 4 is 16.9 Å². The molecule has 0 saturated heterocycles. The van der Waals surface area contributed by atoms with Crippen LogP contribution in [-0.4, -0.2) is 25.9 Å². The van der Waals surface area contributed by atoms with E-state index in [1.54, 1.807) is 12.1 Å². The highest BCUT2D eigenvalue weighted by Crippen LogP contribution is 2.41. The van der Waals surface area contributed by atoms with Crippen LogP contribution in [-0.2, 0) is 4.79 Å². The quantitative estimate of drug-likeness (QED) is 0.414. The lowest BCUT2D eigenvalue weighted by molar-refractivity contribution is -0.131. The maximum absolute atomic E-state index is 13.5. The number of aliphatic hydroxyl groups is 2. The summed E-state index contributed by atoms with van der Waals surface area (Å²) in [4.78, 5) is 10.8. The molecule has 0 aliphatic rings. The van der Waals surface area contributed by atoms with Crippen LogP contribution in [0.5, 0.6) is 0 Å². The highest BCUT2D eigenvalue weighted by molar-refractivity contribution is 5.98. The molecule has 0 radical (unpaired) electrons. The van der Waals surface area contributed by atoms with Gasteiger partial charge in [0.25, 0.3) is 0 Å². The van der Waals surface area contributed by atoms with E-state index in [0.717, 1.165) is 22.0 Å². The minimum atomic E-state index is -1.28. The minimum absolute atomic E-state index is 0.00524. The third kappa shape index (κ3) is 3.77. The van der Waals surface area contributed by atoms with Crippen molar-refractivity contribution < 1.29 is 24.5 Å². The minimum Gasteiger partial charge on any atom is -0.512 e. The summed E-state index contributed by atoms with van der Waals surface area (Å²) in [5.74, 6) is -2.07. The molecule has 28 heavy (non-hydrogen) atoms. The van der Waals surface area contributed by atoms with Crippen LogP contribution in [0.1, 0.15) is 38.1 Å². The summed E-state index contributed by atoms with van der Waals surface area (Å²) in [6.07, 6.45) is -0.724. The van der Waals surface area contributed by atoms with Crippen LogP contribution in [0, 0.1) is 5.82 Å². The van der Waals surface area contributed by atoms with Crippen molar-refractivity contribution in [2.45, 2.75) is 32.4 Å². The van der Waals surface area contributed by atoms with E-state index in [-0.39, 0.29) is 18.3 Å². The molecule has 1 unspecified atom stereocenters. The van der Waals surface area contributed by atoms with Crippen molar-refractivity contribution in [2.75, 3.05) is 0 Å². The highest BCUT2D eigenvalue weighted by atomic mass is 19.1. The molecule has 6 heteroatoms. The van der Waals surface area contributed by atoms with Gasteiger partial charge in [-0.3, -0.25) is 0 Å². The van der Waals surface area contributed by atoms with Crippen LogP contribution in [0.25, 0.3) is 22.0 Å². The van der Waals surface area contributed by atoms with Crippen molar-refractivity contribution in [3.8, 4) is 11.1 Å². The molecule has 3 aromatic rings. The Kier molecular flexibility index (Phi) is 5.51. The largest absolute Gasteiger partial charge is 0.512 e. The predicted molar refractivity (Wildman–Crippen MR) is 106 cm³/mol. The first-order chi connectivity index (χ1) is 13.3. The van der Waals surface area contributed by atoms with E-state index in [2.05, 4.69) is 0 Å². The molecular weight excluding hydrogens is 361 g/mol. The number of halogens is 1. The number of carboxylic acid groups (broad SMARTS) is 1. The number of nitrogens with zero attached hydrogens (tertiary/aromatic N) is 1. The maximum atomic E-state index is 13.5. The fourth-order valence-corrected chi connectivity index (χ4v) is 3.58. The molecule has 3 N–H and O–H groups in total. The number of aliphatic carboxylic acids is 1. The van der Waals surface area contributed by atoms with E-state index in [9.17, 15) is 19.4 Å². The smallest absolute Gasteiger partial charge is 0.331 e. The first-order valence-corrected chi connectivity index (χ1v) is 8.99. The van der Waals surface area contributed by atoms with Gasteiger partial charge >= 0.3 is 5.97 Å². The molecular formula is C22H22FNO4. The summed E-state index contributed by atoms with van der Waals surface area (Å²) >= 11 is 0. The molecule has 0 spiro atoms. The number of carbonyl (C=O) groups is 1. The third-order valence-electron chi connectivity index (χ3n) is 4.61. The molecule has 146 valence electrons. The van der Waals surface area contributed by atoms with Crippen LogP contribution in [0.3, 0.4) is 0 Å². The predicted octanol–water partition coefficient (Wildman–Crippen LogP) is 4.98. The molecule has 0 aliphatic carbocycles. The van der Waals surface area contributed by atoms with Gasteiger partial charge < -0.3 is 19.9 Å². The van der Waals surface area contributed by atoms with Gasteiger partial charge in [0.05, 0.1) is 11.8 Å². The topological polar surface area (TPSA) is 82.7 Å². The van der Waals surface area contributed by atoms with E-state index in [1.165, 1.54) is 12.1 Å². The maximum Gasteiger partial charge on any atom is 0.331 e. The van der Waals surface area contributed by atoms with Crippen LogP contribution in [0.4, 0.5) is 4.39 Å². The van der Waals surface area contributed by atoms with Gasteiger partial charge in [-0.15, -0.1) is 0 Å². The second-order valence-corrected chi connectivity index (χ2v) is 6.94. The Morgan fingerprint density at radius 2 is 1.75 bits per heavy atom. The summed E-state index contributed by atoms with van der Waals surface area (Å²) in [5, 5.41) is 30.6. The fourth-order valence-electron chi connectivity index (χ4n) is 3.58. The lowest BCUT2D eigenvalue weighted by Gasteiger charge is -2.20. The lowest BCUT2D eigenvalue weighted by atomic mass is 9.98. The van der Waals surface area contributed by atoms with Crippen molar-refractivity contribution in [3.05, 3.63) is 71.9 Å². The molecule has 0 saturated carbocycles. The summed E-state index contributed by atoms with van der Waals surface area (Å²) in [6, 6.07) is 13.6. The van der Waals surface area contributed by atoms with Crippen LogP contribution < -0.4 is 0 Å². The molecule has 3 rings (SSSR count). The van der Waals surface area contributed by atoms with Gasteiger partial charge in [-0.1, -0.05) is 30.3 Å². The van der Waals surface area contributed by atoms with Crippen molar-refractivity contribution in [3.63, 3.8) is 0 Å². The zero-order valence-corrected chi connectivity index (χ0v) is 15.6. The molecule has 5 nitrogen and oxygen atoms in total. The van der Waals surface area contributed by atoms with Crippen LogP contribution >= 0.6 is 0 Å². The molecule has 0 fully saturated rings. The Labute approximate surface area is 162 Å². The van der Waals surface area contributed by atoms with Crippen molar-refractivity contribution in [1.29, 1.82) is 0 Å². The molecule has 0 bridgehead atoms. The Bertz CT molecular complexity index is 1030. The average Bonchev–Trinajstić information content (AvgIpc) is 2.97. The molecule has 1 heterocycles. The van der Waals surface area contributed by atoms with Gasteiger partial charge in [0.1, 0.15) is 17.7 Å². The Hall–Kier alpha value is -3.12. The monoisotopic (exact) mass is 383 g/mol. The summed E-state index contributed by atoms with van der Waals surface area (Å²) in [6.45, 7) is 3.95. The summed E-state index contributed by atoms with van der Waals surface area (Å²) < 4.78 is 15.4. The summed E-state index contributed by atoms with van der Waals surface area (Å²) in [5.41, 5.74) is 2.91. The Morgan fingerprint density at radius 3 is 2.36 bits per heavy atom. The number of fused-ring (bicyclic) bond motifs is 1. The van der Waals surface area contributed by atoms with Gasteiger partial charge in [0.2, 0.25) is 0 Å². The van der Waals surface area contributed by atoms with Crippen molar-refractivity contribution in [2.24, 2.45) is 0 Å². The normalized spacial score (nSPS) is 13.2. The zero-order valence-electron chi connectivity index (χ0n) is 15.6. The van der Waals surface area contributed by atoms with E-state index >= 15 is 0 Å². The number of carboxylic acids is 1. The number of hydrogen-bond acceptors (Lipinski definition) is 3. The van der Waals surface area contributed by atoms with Crippen LogP contribution in [0.15, 0.2) is 60.4 Å². The fraction of sp³-hybridized carbons (Fsp3) is 0.227. The second-order valence-electron chi connectivity index (χ2n) is 6.94. The number of aromatic nitrogens is 1. The van der Waals surface area contributed by atoms with Gasteiger partial charge in [-0.2, -0.15) is 0 Å². The molecule has 1 atom stereocenters. The van der Waals surface area contributed by atoms with Crippen molar-refractivity contribution in [1.82, 2.24) is 4.57 Å². The first-order valence-electron chi connectivity index (χ1n) is 8.99. The number of para-hydroxylation sites is 1. The van der Waals surface area contributed by atoms with E-state index in [0.29, 0.717) is 11.8 Å². The number of hydrogen-bond donors (Lipinski definition) is 3. The number of rotatable bonds is 6. The molecule has 1 aromatic heterocycles. The van der Waals surface area contributed by atoms with Gasteiger partial charge in [-0.25, -0.2) is 9.18 Å². The molecule has 0 aliphatic heterocycles. The zero-order chi connectivity index (χ0) is 20.4. The first kappa shape index (κ1) is 19.6. The molecule has 0 amide bonds. The van der Waals surface area contributed by atoms with Gasteiger partial charge in [-0.05, 0) is 37.6 Å². The standard InChI is InChI=1S/C22H22FNO4/c1-13(2)24-18-6-4-3-5-17(18)21(14-7-9-15(23)10-8-14)22(24)19(26)11-16(25)12-20(27)28/h3-10,12-13,19,25-26H,11H2,1-2H3,(H,27,28)/b16-12-. The Morgan fingerprint density at radius 1 is 1.11 bits per heavy atom. The van der Waals surface area contributed by atoms with E-state index in [1.807, 2.05) is 42.7 Å². The highest BCUT2D eigenvalue weighted by Gasteiger charge is 2.26. The molecule has 2 aromatic carbocycles. The van der Waals surface area contributed by atoms with E-state index < -0.39 is 17.8 Å². The average molecular weight is 383 g/mol.